The number of aromatic nitrogens is 2. The summed E-state index contributed by atoms with van der Waals surface area (Å²) >= 11 is 6.41. The summed E-state index contributed by atoms with van der Waals surface area (Å²) in [5.41, 5.74) is 1.43. The van der Waals surface area contributed by atoms with Crippen LogP contribution in [0.25, 0.3) is 0 Å². The number of hydrogen-bond acceptors (Lipinski definition) is 2. The van der Waals surface area contributed by atoms with Crippen molar-refractivity contribution in [1.82, 2.24) is 9.97 Å². The minimum atomic E-state index is 0.153. The average Bonchev–Trinajstić information content (AvgIpc) is 3.40. The van der Waals surface area contributed by atoms with E-state index in [-0.39, 0.29) is 6.30 Å². The Morgan fingerprint density at radius 3 is 2.61 bits per heavy atom. The fraction of sp³-hybridized carbons (Fsp3) is 0.789. The van der Waals surface area contributed by atoms with Crippen molar-refractivity contribution in [2.45, 2.75) is 90.5 Å². The van der Waals surface area contributed by atoms with Crippen molar-refractivity contribution in [3.05, 3.63) is 22.5 Å². The summed E-state index contributed by atoms with van der Waals surface area (Å²) in [6.45, 7) is 4.28. The molecule has 1 saturated carbocycles. The van der Waals surface area contributed by atoms with Crippen LogP contribution in [0.2, 0.25) is 5.02 Å². The van der Waals surface area contributed by atoms with Gasteiger partial charge < -0.3 is 4.98 Å². The maximum Gasteiger partial charge on any atom is 0.169 e. The molecule has 0 radical (unpaired) electrons. The number of H-pyrrole nitrogens is 1. The molecule has 1 atom stereocenters. The van der Waals surface area contributed by atoms with Crippen molar-refractivity contribution in [3.8, 4) is 0 Å². The second-order valence-corrected chi connectivity index (χ2v) is 7.14. The first kappa shape index (κ1) is 17.0. The third-order valence-electron chi connectivity index (χ3n) is 4.74. The second kappa shape index (κ2) is 10.1. The number of halogens is 1. The number of nitrogens with zero attached hydrogens (tertiary/aromatic N) is 2. The lowest BCUT2D eigenvalue weighted by Gasteiger charge is -2.11. The highest BCUT2D eigenvalue weighted by Crippen LogP contribution is 2.36. The Labute approximate surface area is 147 Å². The maximum atomic E-state index is 7.81. The van der Waals surface area contributed by atoms with Crippen molar-refractivity contribution in [2.75, 3.05) is 0 Å². The third-order valence-corrected chi connectivity index (χ3v) is 5.14. The highest BCUT2D eigenvalue weighted by molar-refractivity contribution is 6.30. The molecule has 1 aromatic rings. The van der Waals surface area contributed by atoms with Gasteiger partial charge in [-0.05, 0) is 31.6 Å². The molecule has 0 aromatic carbocycles. The largest absolute Gasteiger partial charge is 0.348 e. The minimum Gasteiger partial charge on any atom is -0.348 e. The standard InChI is InChI=1S/C19H32ClN3/c1-3-5-6-7-8-9-10-11-17(15-12-13-15)23-19-18(20)16(4-2)21-14-22-19/h14-15,17H,3-13H2,1-2H3,(H,21,22,23)/i14D. The normalized spacial score (nSPS) is 17.3. The van der Waals surface area contributed by atoms with Crippen LogP contribution < -0.4 is 5.49 Å². The monoisotopic (exact) mass is 338 g/mol. The Balaban J connectivity index is 1.93. The predicted octanol–water partition coefficient (Wildman–Crippen LogP) is 5.45. The molecule has 1 heterocycles. The van der Waals surface area contributed by atoms with E-state index >= 15 is 0 Å². The lowest BCUT2D eigenvalue weighted by Crippen LogP contribution is -2.19. The summed E-state index contributed by atoms with van der Waals surface area (Å²) in [7, 11) is 0. The zero-order chi connectivity index (χ0) is 17.4. The lowest BCUT2D eigenvalue weighted by molar-refractivity contribution is 0.490. The van der Waals surface area contributed by atoms with Crippen LogP contribution in [0.3, 0.4) is 0 Å². The van der Waals surface area contributed by atoms with Gasteiger partial charge in [0.25, 0.3) is 0 Å². The summed E-state index contributed by atoms with van der Waals surface area (Å²) in [6, 6.07) is 0.331. The van der Waals surface area contributed by atoms with E-state index in [0.717, 1.165) is 18.5 Å². The molecule has 0 saturated heterocycles. The van der Waals surface area contributed by atoms with Crippen LogP contribution >= 0.6 is 11.6 Å². The average molecular weight is 339 g/mol. The summed E-state index contributed by atoms with van der Waals surface area (Å²) in [5, 5.41) is 0.596. The highest BCUT2D eigenvalue weighted by atomic mass is 35.5. The molecule has 0 bridgehead atoms. The van der Waals surface area contributed by atoms with Crippen molar-refractivity contribution < 1.29 is 1.37 Å². The van der Waals surface area contributed by atoms with E-state index in [1.165, 1.54) is 57.8 Å². The molecule has 1 aromatic heterocycles. The number of rotatable bonds is 11. The first-order valence-corrected chi connectivity index (χ1v) is 9.82. The van der Waals surface area contributed by atoms with Crippen LogP contribution in [-0.4, -0.2) is 16.0 Å². The Morgan fingerprint density at radius 1 is 1.26 bits per heavy atom. The van der Waals surface area contributed by atoms with E-state index in [9.17, 15) is 0 Å². The second-order valence-electron chi connectivity index (χ2n) is 6.76. The van der Waals surface area contributed by atoms with Crippen LogP contribution in [0.4, 0.5) is 0 Å². The Hall–Kier alpha value is -0.830. The van der Waals surface area contributed by atoms with Gasteiger partial charge in [0.2, 0.25) is 0 Å². The van der Waals surface area contributed by atoms with Crippen molar-refractivity contribution >= 4 is 11.6 Å². The summed E-state index contributed by atoms with van der Waals surface area (Å²) in [5.74, 6) is 0.700. The first-order chi connectivity index (χ1) is 11.7. The molecule has 2 rings (SSSR count). The SMILES string of the molecule is [2H]c1nc(=NC(CCCCCCCCC)C2CC2)c(Cl)c(CC)[nH]1. The van der Waals surface area contributed by atoms with Crippen molar-refractivity contribution in [3.63, 3.8) is 0 Å². The van der Waals surface area contributed by atoms with Crippen molar-refractivity contribution in [2.24, 2.45) is 10.9 Å². The Bertz CT molecular complexity index is 566. The van der Waals surface area contributed by atoms with E-state index in [4.69, 9.17) is 18.0 Å². The molecular formula is C19H32ClN3. The molecular weight excluding hydrogens is 306 g/mol. The maximum absolute atomic E-state index is 7.81. The fourth-order valence-electron chi connectivity index (χ4n) is 3.07. The molecule has 0 spiro atoms. The predicted molar refractivity (Wildman–Crippen MR) is 97.7 cm³/mol. The van der Waals surface area contributed by atoms with Gasteiger partial charge in [0.1, 0.15) is 6.39 Å². The number of unbranched alkanes of at least 4 members (excludes halogenated alkanes) is 6. The molecule has 0 aliphatic heterocycles. The van der Waals surface area contributed by atoms with Crippen LogP contribution in [0, 0.1) is 5.92 Å². The van der Waals surface area contributed by atoms with Gasteiger partial charge >= 0.3 is 0 Å². The first-order valence-electron chi connectivity index (χ1n) is 9.94. The number of nitrogens with one attached hydrogen (secondary N) is 1. The lowest BCUT2D eigenvalue weighted by atomic mass is 10.0. The van der Waals surface area contributed by atoms with Gasteiger partial charge in [-0.2, -0.15) is 0 Å². The summed E-state index contributed by atoms with van der Waals surface area (Å²) < 4.78 is 7.81. The molecule has 1 fully saturated rings. The zero-order valence-corrected chi connectivity index (χ0v) is 15.5. The molecule has 4 heteroatoms. The van der Waals surface area contributed by atoms with Crippen molar-refractivity contribution in [1.29, 1.82) is 0 Å². The minimum absolute atomic E-state index is 0.153. The van der Waals surface area contributed by atoms with Gasteiger partial charge in [0, 0.05) is 5.69 Å². The number of aryl methyl sites for hydroxylation is 1. The van der Waals surface area contributed by atoms with Gasteiger partial charge in [0.05, 0.1) is 12.3 Å². The van der Waals surface area contributed by atoms with Gasteiger partial charge in [-0.25, -0.2) is 4.98 Å². The molecule has 1 N–H and O–H groups in total. The smallest absolute Gasteiger partial charge is 0.169 e. The molecule has 1 aliphatic rings. The van der Waals surface area contributed by atoms with E-state index < -0.39 is 0 Å². The summed E-state index contributed by atoms with van der Waals surface area (Å²) in [6.07, 6.45) is 13.9. The molecule has 0 amide bonds. The van der Waals surface area contributed by atoms with Gasteiger partial charge in [-0.3, -0.25) is 4.99 Å². The molecule has 3 nitrogen and oxygen atoms in total. The van der Waals surface area contributed by atoms with Crippen LogP contribution in [0.15, 0.2) is 11.3 Å². The quantitative estimate of drug-likeness (QED) is 0.536. The van der Waals surface area contributed by atoms with E-state index in [1.54, 1.807) is 0 Å². The van der Waals surface area contributed by atoms with Gasteiger partial charge in [-0.15, -0.1) is 0 Å². The third kappa shape index (κ3) is 6.29. The molecule has 1 aliphatic carbocycles. The number of hydrogen-bond donors (Lipinski definition) is 1. The van der Waals surface area contributed by atoms with Gasteiger partial charge in [0.15, 0.2) is 5.49 Å². The molecule has 130 valence electrons. The summed E-state index contributed by atoms with van der Waals surface area (Å²) in [4.78, 5) is 12.0. The Kier molecular flexibility index (Phi) is 7.48. The van der Waals surface area contributed by atoms with Gasteiger partial charge in [-0.1, -0.05) is 70.4 Å². The fourth-order valence-corrected chi connectivity index (χ4v) is 3.34. The molecule has 23 heavy (non-hydrogen) atoms. The van der Waals surface area contributed by atoms with E-state index in [0.29, 0.717) is 22.5 Å². The van der Waals surface area contributed by atoms with Crippen LogP contribution in [0.5, 0.6) is 0 Å². The zero-order valence-electron chi connectivity index (χ0n) is 15.7. The van der Waals surface area contributed by atoms with Crippen LogP contribution in [-0.2, 0) is 6.42 Å². The topological polar surface area (TPSA) is 41.0 Å². The van der Waals surface area contributed by atoms with E-state index in [1.807, 2.05) is 6.92 Å². The Morgan fingerprint density at radius 2 is 1.96 bits per heavy atom. The number of aromatic amines is 1. The van der Waals surface area contributed by atoms with E-state index in [2.05, 4.69) is 16.9 Å². The highest BCUT2D eigenvalue weighted by Gasteiger charge is 2.30. The van der Waals surface area contributed by atoms with Crippen LogP contribution in [0.1, 0.15) is 85.1 Å². The molecule has 1 unspecified atom stereocenters.